The predicted molar refractivity (Wildman–Crippen MR) is 84.1 cm³/mol. The maximum Gasteiger partial charge on any atom is 0.109 e. The van der Waals surface area contributed by atoms with Gasteiger partial charge in [0, 0.05) is 51.7 Å². The molecule has 0 amide bonds. The first kappa shape index (κ1) is 14.6. The molecule has 20 heavy (non-hydrogen) atoms. The molecule has 0 bridgehead atoms. The average Bonchev–Trinajstić information content (AvgIpc) is 2.89. The standard InChI is InChI=1S/C16H24N4/c1-19(15-7-4-3-5-8-15)13-6-10-17-11-9-16-18-12-14-20(16)2/h3-5,7-8,12,14,17H,6,9-11,13H2,1-2H3. The van der Waals surface area contributed by atoms with Crippen LogP contribution in [-0.2, 0) is 13.5 Å². The van der Waals surface area contributed by atoms with Gasteiger partial charge in [-0.15, -0.1) is 0 Å². The summed E-state index contributed by atoms with van der Waals surface area (Å²) in [4.78, 5) is 6.61. The number of hydrogen-bond donors (Lipinski definition) is 1. The van der Waals surface area contributed by atoms with Gasteiger partial charge in [0.25, 0.3) is 0 Å². The number of nitrogens with one attached hydrogen (secondary N) is 1. The minimum atomic E-state index is 0.984. The van der Waals surface area contributed by atoms with Crippen molar-refractivity contribution in [3.63, 3.8) is 0 Å². The summed E-state index contributed by atoms with van der Waals surface area (Å²) in [5.74, 6) is 1.14. The molecule has 1 N–H and O–H groups in total. The SMILES string of the molecule is CN(CCCNCCc1nccn1C)c1ccccc1. The Morgan fingerprint density at radius 1 is 1.20 bits per heavy atom. The van der Waals surface area contributed by atoms with Crippen LogP contribution in [-0.4, -0.2) is 36.2 Å². The van der Waals surface area contributed by atoms with Crippen LogP contribution < -0.4 is 10.2 Å². The first-order valence-corrected chi connectivity index (χ1v) is 7.20. The van der Waals surface area contributed by atoms with E-state index in [1.54, 1.807) is 0 Å². The molecule has 108 valence electrons. The molecule has 0 saturated heterocycles. The fraction of sp³-hybridized carbons (Fsp3) is 0.438. The molecule has 0 aliphatic rings. The minimum Gasteiger partial charge on any atom is -0.375 e. The Bertz CT molecular complexity index is 492. The van der Waals surface area contributed by atoms with E-state index in [9.17, 15) is 0 Å². The Kier molecular flexibility index (Phi) is 5.62. The maximum absolute atomic E-state index is 4.32. The van der Waals surface area contributed by atoms with E-state index in [2.05, 4.69) is 57.1 Å². The first-order valence-electron chi connectivity index (χ1n) is 7.20. The van der Waals surface area contributed by atoms with Crippen molar-refractivity contribution in [3.8, 4) is 0 Å². The highest BCUT2D eigenvalue weighted by atomic mass is 15.1. The van der Waals surface area contributed by atoms with Gasteiger partial charge in [-0.25, -0.2) is 4.98 Å². The lowest BCUT2D eigenvalue weighted by Crippen LogP contribution is -2.25. The van der Waals surface area contributed by atoms with Crippen LogP contribution in [0.2, 0.25) is 0 Å². The number of aromatic nitrogens is 2. The van der Waals surface area contributed by atoms with Crippen molar-refractivity contribution < 1.29 is 0 Å². The van der Waals surface area contributed by atoms with Crippen LogP contribution in [0, 0.1) is 0 Å². The number of hydrogen-bond acceptors (Lipinski definition) is 3. The van der Waals surface area contributed by atoms with Crippen LogP contribution >= 0.6 is 0 Å². The van der Waals surface area contributed by atoms with Crippen LogP contribution in [0.25, 0.3) is 0 Å². The van der Waals surface area contributed by atoms with E-state index in [0.29, 0.717) is 0 Å². The van der Waals surface area contributed by atoms with Crippen LogP contribution in [0.5, 0.6) is 0 Å². The number of anilines is 1. The quantitative estimate of drug-likeness (QED) is 0.747. The summed E-state index contributed by atoms with van der Waals surface area (Å²) in [7, 11) is 4.18. The van der Waals surface area contributed by atoms with Gasteiger partial charge < -0.3 is 14.8 Å². The smallest absolute Gasteiger partial charge is 0.109 e. The Balaban J connectivity index is 1.57. The van der Waals surface area contributed by atoms with E-state index in [0.717, 1.165) is 38.3 Å². The second-order valence-corrected chi connectivity index (χ2v) is 5.07. The van der Waals surface area contributed by atoms with Crippen LogP contribution in [0.15, 0.2) is 42.7 Å². The van der Waals surface area contributed by atoms with Gasteiger partial charge in [-0.1, -0.05) is 18.2 Å². The molecule has 1 heterocycles. The van der Waals surface area contributed by atoms with Crippen molar-refractivity contribution in [3.05, 3.63) is 48.5 Å². The van der Waals surface area contributed by atoms with Gasteiger partial charge in [0.15, 0.2) is 0 Å². The topological polar surface area (TPSA) is 33.1 Å². The van der Waals surface area contributed by atoms with Crippen LogP contribution in [0.1, 0.15) is 12.2 Å². The molecule has 0 aliphatic heterocycles. The number of benzene rings is 1. The number of para-hydroxylation sites is 1. The van der Waals surface area contributed by atoms with Gasteiger partial charge >= 0.3 is 0 Å². The molecule has 0 spiro atoms. The normalized spacial score (nSPS) is 10.7. The third-order valence-corrected chi connectivity index (χ3v) is 3.49. The molecule has 0 aliphatic carbocycles. The number of nitrogens with zero attached hydrogens (tertiary/aromatic N) is 3. The van der Waals surface area contributed by atoms with Crippen molar-refractivity contribution in [2.75, 3.05) is 31.6 Å². The zero-order valence-electron chi connectivity index (χ0n) is 12.4. The van der Waals surface area contributed by atoms with Crippen molar-refractivity contribution in [1.82, 2.24) is 14.9 Å². The summed E-state index contributed by atoms with van der Waals surface area (Å²) in [6.07, 6.45) is 5.97. The molecule has 4 nitrogen and oxygen atoms in total. The molecule has 4 heteroatoms. The van der Waals surface area contributed by atoms with E-state index in [1.807, 2.05) is 19.4 Å². The van der Waals surface area contributed by atoms with Crippen molar-refractivity contribution in [2.24, 2.45) is 7.05 Å². The van der Waals surface area contributed by atoms with Gasteiger partial charge in [-0.2, -0.15) is 0 Å². The van der Waals surface area contributed by atoms with Crippen LogP contribution in [0.3, 0.4) is 0 Å². The van der Waals surface area contributed by atoms with Crippen LogP contribution in [0.4, 0.5) is 5.69 Å². The van der Waals surface area contributed by atoms with E-state index < -0.39 is 0 Å². The van der Waals surface area contributed by atoms with E-state index in [1.165, 1.54) is 5.69 Å². The third kappa shape index (κ3) is 4.38. The average molecular weight is 272 g/mol. The lowest BCUT2D eigenvalue weighted by Gasteiger charge is -2.19. The Morgan fingerprint density at radius 2 is 2.00 bits per heavy atom. The molecular formula is C16H24N4. The monoisotopic (exact) mass is 272 g/mol. The van der Waals surface area contributed by atoms with Gasteiger partial charge in [0.05, 0.1) is 0 Å². The minimum absolute atomic E-state index is 0.984. The summed E-state index contributed by atoms with van der Waals surface area (Å²) in [5.41, 5.74) is 1.28. The van der Waals surface area contributed by atoms with Gasteiger partial charge in [0.2, 0.25) is 0 Å². The Morgan fingerprint density at radius 3 is 2.70 bits per heavy atom. The fourth-order valence-corrected chi connectivity index (χ4v) is 2.22. The highest BCUT2D eigenvalue weighted by Crippen LogP contribution is 2.10. The summed E-state index contributed by atoms with van der Waals surface area (Å²) in [5, 5.41) is 3.48. The molecule has 0 saturated carbocycles. The van der Waals surface area contributed by atoms with E-state index in [-0.39, 0.29) is 0 Å². The van der Waals surface area contributed by atoms with Crippen molar-refractivity contribution in [1.29, 1.82) is 0 Å². The summed E-state index contributed by atoms with van der Waals surface area (Å²) in [6.45, 7) is 3.10. The molecule has 0 unspecified atom stereocenters. The molecule has 0 atom stereocenters. The molecule has 0 fully saturated rings. The molecule has 0 radical (unpaired) electrons. The third-order valence-electron chi connectivity index (χ3n) is 3.49. The summed E-state index contributed by atoms with van der Waals surface area (Å²) < 4.78 is 2.07. The largest absolute Gasteiger partial charge is 0.375 e. The van der Waals surface area contributed by atoms with E-state index in [4.69, 9.17) is 0 Å². The lowest BCUT2D eigenvalue weighted by atomic mass is 10.3. The zero-order valence-corrected chi connectivity index (χ0v) is 12.4. The maximum atomic E-state index is 4.32. The Hall–Kier alpha value is -1.81. The summed E-state index contributed by atoms with van der Waals surface area (Å²) >= 11 is 0. The molecule has 1 aromatic heterocycles. The highest BCUT2D eigenvalue weighted by molar-refractivity contribution is 5.44. The van der Waals surface area contributed by atoms with Gasteiger partial charge in [-0.3, -0.25) is 0 Å². The Labute approximate surface area is 121 Å². The molecule has 2 aromatic rings. The number of imidazole rings is 1. The van der Waals surface area contributed by atoms with Gasteiger partial charge in [0.1, 0.15) is 5.82 Å². The van der Waals surface area contributed by atoms with E-state index >= 15 is 0 Å². The van der Waals surface area contributed by atoms with Crippen molar-refractivity contribution in [2.45, 2.75) is 12.8 Å². The highest BCUT2D eigenvalue weighted by Gasteiger charge is 2.00. The zero-order chi connectivity index (χ0) is 14.2. The second-order valence-electron chi connectivity index (χ2n) is 5.07. The predicted octanol–water partition coefficient (Wildman–Crippen LogP) is 2.08. The molecule has 2 rings (SSSR count). The lowest BCUT2D eigenvalue weighted by molar-refractivity contribution is 0.626. The van der Waals surface area contributed by atoms with Crippen molar-refractivity contribution >= 4 is 5.69 Å². The molecular weight excluding hydrogens is 248 g/mol. The second kappa shape index (κ2) is 7.70. The van der Waals surface area contributed by atoms with Gasteiger partial charge in [-0.05, 0) is 25.1 Å². The molecule has 1 aromatic carbocycles. The number of aryl methyl sites for hydroxylation is 1. The fourth-order valence-electron chi connectivity index (χ4n) is 2.22. The number of rotatable bonds is 8. The summed E-state index contributed by atoms with van der Waals surface area (Å²) in [6, 6.07) is 10.5. The first-order chi connectivity index (χ1) is 9.77.